The van der Waals surface area contributed by atoms with E-state index < -0.39 is 0 Å². The lowest BCUT2D eigenvalue weighted by atomic mass is 10.1. The molecule has 0 bridgehead atoms. The molecule has 0 aliphatic carbocycles. The number of likely N-dealkylation sites (tertiary alicyclic amines) is 1. The smallest absolute Gasteiger partial charge is 0.0239 e. The SMILES string of the molecule is CCC1CCCN1Cc1ccccc1CNC(C)C. The molecule has 1 aromatic rings. The van der Waals surface area contributed by atoms with Gasteiger partial charge in [-0.25, -0.2) is 0 Å². The fraction of sp³-hybridized carbons (Fsp3) is 0.647. The molecular weight excluding hydrogens is 232 g/mol. The van der Waals surface area contributed by atoms with E-state index in [0.717, 1.165) is 19.1 Å². The second kappa shape index (κ2) is 7.06. The Labute approximate surface area is 118 Å². The molecule has 2 nitrogen and oxygen atoms in total. The van der Waals surface area contributed by atoms with Gasteiger partial charge in [0.05, 0.1) is 0 Å². The van der Waals surface area contributed by atoms with Crippen molar-refractivity contribution in [2.24, 2.45) is 0 Å². The number of benzene rings is 1. The largest absolute Gasteiger partial charge is 0.310 e. The maximum atomic E-state index is 3.53. The minimum Gasteiger partial charge on any atom is -0.310 e. The summed E-state index contributed by atoms with van der Waals surface area (Å²) >= 11 is 0. The zero-order valence-corrected chi connectivity index (χ0v) is 12.7. The summed E-state index contributed by atoms with van der Waals surface area (Å²) < 4.78 is 0. The number of rotatable bonds is 6. The highest BCUT2D eigenvalue weighted by atomic mass is 15.2. The maximum absolute atomic E-state index is 3.53. The highest BCUT2D eigenvalue weighted by Crippen LogP contribution is 2.23. The fourth-order valence-electron chi connectivity index (χ4n) is 2.98. The summed E-state index contributed by atoms with van der Waals surface area (Å²) in [7, 11) is 0. The van der Waals surface area contributed by atoms with Gasteiger partial charge in [0.25, 0.3) is 0 Å². The molecular formula is C17H28N2. The van der Waals surface area contributed by atoms with Crippen LogP contribution in [0.4, 0.5) is 0 Å². The van der Waals surface area contributed by atoms with Gasteiger partial charge in [0, 0.05) is 25.2 Å². The van der Waals surface area contributed by atoms with Gasteiger partial charge >= 0.3 is 0 Å². The standard InChI is InChI=1S/C17H28N2/c1-4-17-10-7-11-19(17)13-16-9-6-5-8-15(16)12-18-14(2)3/h5-6,8-9,14,17-18H,4,7,10-13H2,1-3H3. The Kier molecular flexibility index (Phi) is 5.41. The number of hydrogen-bond acceptors (Lipinski definition) is 2. The third-order valence-electron chi connectivity index (χ3n) is 4.16. The molecule has 1 aromatic carbocycles. The number of hydrogen-bond donors (Lipinski definition) is 1. The summed E-state index contributed by atoms with van der Waals surface area (Å²) in [6.07, 6.45) is 4.03. The minimum atomic E-state index is 0.545. The van der Waals surface area contributed by atoms with Crippen molar-refractivity contribution in [1.29, 1.82) is 0 Å². The van der Waals surface area contributed by atoms with Gasteiger partial charge in [0.2, 0.25) is 0 Å². The molecule has 0 aromatic heterocycles. The molecule has 1 aliphatic rings. The normalized spacial score (nSPS) is 20.3. The van der Waals surface area contributed by atoms with Crippen LogP contribution in [0, 0.1) is 0 Å². The molecule has 2 heteroatoms. The Bertz CT molecular complexity index is 387. The molecule has 1 heterocycles. The summed E-state index contributed by atoms with van der Waals surface area (Å²) in [5.41, 5.74) is 2.95. The highest BCUT2D eigenvalue weighted by Gasteiger charge is 2.23. The summed E-state index contributed by atoms with van der Waals surface area (Å²) in [6.45, 7) is 10.1. The average molecular weight is 260 g/mol. The lowest BCUT2D eigenvalue weighted by Gasteiger charge is -2.24. The third-order valence-corrected chi connectivity index (χ3v) is 4.16. The van der Waals surface area contributed by atoms with Gasteiger partial charge in [0.15, 0.2) is 0 Å². The van der Waals surface area contributed by atoms with Crippen LogP contribution < -0.4 is 5.32 Å². The maximum Gasteiger partial charge on any atom is 0.0239 e. The summed E-state index contributed by atoms with van der Waals surface area (Å²) in [5.74, 6) is 0. The molecule has 106 valence electrons. The first-order valence-corrected chi connectivity index (χ1v) is 7.75. The van der Waals surface area contributed by atoms with Crippen molar-refractivity contribution in [3.63, 3.8) is 0 Å². The van der Waals surface area contributed by atoms with Crippen LogP contribution in [-0.4, -0.2) is 23.5 Å². The van der Waals surface area contributed by atoms with Crippen molar-refractivity contribution in [3.8, 4) is 0 Å². The van der Waals surface area contributed by atoms with Crippen molar-refractivity contribution in [2.75, 3.05) is 6.54 Å². The lowest BCUT2D eigenvalue weighted by molar-refractivity contribution is 0.239. The molecule has 0 amide bonds. The van der Waals surface area contributed by atoms with Crippen molar-refractivity contribution in [1.82, 2.24) is 10.2 Å². The second-order valence-corrected chi connectivity index (χ2v) is 5.98. The first-order valence-electron chi connectivity index (χ1n) is 7.75. The van der Waals surface area contributed by atoms with E-state index in [1.165, 1.54) is 36.9 Å². The first kappa shape index (κ1) is 14.5. The van der Waals surface area contributed by atoms with Gasteiger partial charge in [-0.05, 0) is 36.9 Å². The molecule has 0 radical (unpaired) electrons. The van der Waals surface area contributed by atoms with Crippen molar-refractivity contribution >= 4 is 0 Å². The summed E-state index contributed by atoms with van der Waals surface area (Å²) in [5, 5.41) is 3.53. The molecule has 2 rings (SSSR count). The predicted octanol–water partition coefficient (Wildman–Crippen LogP) is 3.56. The quantitative estimate of drug-likeness (QED) is 0.841. The van der Waals surface area contributed by atoms with Gasteiger partial charge in [-0.15, -0.1) is 0 Å². The van der Waals surface area contributed by atoms with Gasteiger partial charge in [-0.2, -0.15) is 0 Å². The van der Waals surface area contributed by atoms with Gasteiger partial charge in [-0.1, -0.05) is 45.0 Å². The van der Waals surface area contributed by atoms with Crippen LogP contribution in [0.5, 0.6) is 0 Å². The Hall–Kier alpha value is -0.860. The zero-order chi connectivity index (χ0) is 13.7. The molecule has 1 saturated heterocycles. The van der Waals surface area contributed by atoms with Crippen molar-refractivity contribution in [2.45, 2.75) is 65.2 Å². The third kappa shape index (κ3) is 4.05. The van der Waals surface area contributed by atoms with Crippen LogP contribution >= 0.6 is 0 Å². The van der Waals surface area contributed by atoms with E-state index in [4.69, 9.17) is 0 Å². The van der Waals surface area contributed by atoms with E-state index in [9.17, 15) is 0 Å². The molecule has 19 heavy (non-hydrogen) atoms. The zero-order valence-electron chi connectivity index (χ0n) is 12.7. The highest BCUT2D eigenvalue weighted by molar-refractivity contribution is 5.27. The van der Waals surface area contributed by atoms with Crippen LogP contribution in [0.2, 0.25) is 0 Å². The lowest BCUT2D eigenvalue weighted by Crippen LogP contribution is -2.29. The number of nitrogens with one attached hydrogen (secondary N) is 1. The first-order chi connectivity index (χ1) is 9.20. The Balaban J connectivity index is 2.02. The second-order valence-electron chi connectivity index (χ2n) is 5.98. The molecule has 1 unspecified atom stereocenters. The molecule has 0 saturated carbocycles. The topological polar surface area (TPSA) is 15.3 Å². The van der Waals surface area contributed by atoms with E-state index in [1.54, 1.807) is 0 Å². The fourth-order valence-corrected chi connectivity index (χ4v) is 2.98. The molecule has 0 spiro atoms. The van der Waals surface area contributed by atoms with Crippen LogP contribution in [0.3, 0.4) is 0 Å². The summed E-state index contributed by atoms with van der Waals surface area (Å²) in [6, 6.07) is 10.2. The molecule has 1 N–H and O–H groups in total. The van der Waals surface area contributed by atoms with E-state index in [1.807, 2.05) is 0 Å². The molecule has 1 fully saturated rings. The Morgan fingerprint density at radius 2 is 2.00 bits per heavy atom. The van der Waals surface area contributed by atoms with Gasteiger partial charge in [0.1, 0.15) is 0 Å². The van der Waals surface area contributed by atoms with E-state index in [-0.39, 0.29) is 0 Å². The van der Waals surface area contributed by atoms with Crippen molar-refractivity contribution < 1.29 is 0 Å². The van der Waals surface area contributed by atoms with Crippen LogP contribution in [-0.2, 0) is 13.1 Å². The summed E-state index contributed by atoms with van der Waals surface area (Å²) in [4.78, 5) is 2.66. The Morgan fingerprint density at radius 1 is 1.26 bits per heavy atom. The van der Waals surface area contributed by atoms with Gasteiger partial charge in [-0.3, -0.25) is 4.90 Å². The van der Waals surface area contributed by atoms with E-state index in [0.29, 0.717) is 6.04 Å². The monoisotopic (exact) mass is 260 g/mol. The van der Waals surface area contributed by atoms with E-state index >= 15 is 0 Å². The average Bonchev–Trinajstić information content (AvgIpc) is 2.85. The van der Waals surface area contributed by atoms with Gasteiger partial charge < -0.3 is 5.32 Å². The van der Waals surface area contributed by atoms with Crippen LogP contribution in [0.25, 0.3) is 0 Å². The van der Waals surface area contributed by atoms with E-state index in [2.05, 4.69) is 55.3 Å². The molecule has 1 aliphatic heterocycles. The molecule has 1 atom stereocenters. The predicted molar refractivity (Wildman–Crippen MR) is 82.1 cm³/mol. The van der Waals surface area contributed by atoms with Crippen LogP contribution in [0.15, 0.2) is 24.3 Å². The minimum absolute atomic E-state index is 0.545. The van der Waals surface area contributed by atoms with Crippen LogP contribution in [0.1, 0.15) is 51.2 Å². The Morgan fingerprint density at radius 3 is 2.68 bits per heavy atom. The van der Waals surface area contributed by atoms with Crippen molar-refractivity contribution in [3.05, 3.63) is 35.4 Å². The number of nitrogens with zero attached hydrogens (tertiary/aromatic N) is 1.